The van der Waals surface area contributed by atoms with Gasteiger partial charge in [-0.2, -0.15) is 5.10 Å². The van der Waals surface area contributed by atoms with Gasteiger partial charge in [-0.3, -0.25) is 9.58 Å². The van der Waals surface area contributed by atoms with Crippen molar-refractivity contribution in [3.05, 3.63) is 15.9 Å². The van der Waals surface area contributed by atoms with Gasteiger partial charge in [-0.05, 0) is 54.2 Å². The fourth-order valence-electron chi connectivity index (χ4n) is 2.50. The molecule has 0 aliphatic carbocycles. The highest BCUT2D eigenvalue weighted by Gasteiger charge is 2.21. The molecule has 0 radical (unpaired) electrons. The van der Waals surface area contributed by atoms with Crippen molar-refractivity contribution in [2.24, 2.45) is 13.0 Å². The van der Waals surface area contributed by atoms with Crippen LogP contribution in [0.5, 0.6) is 0 Å². The van der Waals surface area contributed by atoms with Crippen LogP contribution in [-0.2, 0) is 20.0 Å². The van der Waals surface area contributed by atoms with Crippen LogP contribution in [0.2, 0.25) is 0 Å². The van der Waals surface area contributed by atoms with Gasteiger partial charge in [0.25, 0.3) is 0 Å². The summed E-state index contributed by atoms with van der Waals surface area (Å²) < 4.78 is 3.20. The van der Waals surface area contributed by atoms with Crippen molar-refractivity contribution >= 4 is 27.5 Å². The van der Waals surface area contributed by atoms with Crippen LogP contribution in [0.25, 0.3) is 0 Å². The zero-order chi connectivity index (χ0) is 13.1. The Morgan fingerprint density at radius 2 is 2.06 bits per heavy atom. The monoisotopic (exact) mass is 333 g/mol. The van der Waals surface area contributed by atoms with E-state index < -0.39 is 0 Å². The van der Waals surface area contributed by atoms with Crippen LogP contribution in [0, 0.1) is 5.92 Å². The lowest BCUT2D eigenvalue weighted by Gasteiger charge is -2.30. The maximum absolute atomic E-state index is 5.92. The zero-order valence-electron chi connectivity index (χ0n) is 11.1. The molecule has 0 unspecified atom stereocenters. The summed E-state index contributed by atoms with van der Waals surface area (Å²) in [6.07, 6.45) is 3.42. The maximum Gasteiger partial charge on any atom is 0.0767 e. The van der Waals surface area contributed by atoms with Crippen LogP contribution in [0.1, 0.15) is 31.2 Å². The number of nitrogens with zero attached hydrogens (tertiary/aromatic N) is 3. The van der Waals surface area contributed by atoms with Gasteiger partial charge in [-0.15, -0.1) is 11.6 Å². The Kier molecular flexibility index (Phi) is 5.10. The minimum atomic E-state index is 0.712. The standard InChI is InChI=1S/C13H21BrClN3/c1-3-11-13(14)12(17(2)16-11)9-18-6-4-10(8-15)5-7-18/h10H,3-9H2,1-2H3. The van der Waals surface area contributed by atoms with Gasteiger partial charge >= 0.3 is 0 Å². The average molecular weight is 335 g/mol. The van der Waals surface area contributed by atoms with Crippen LogP contribution < -0.4 is 0 Å². The SMILES string of the molecule is CCc1nn(C)c(CN2CCC(CCl)CC2)c1Br. The third-order valence-electron chi connectivity index (χ3n) is 3.80. The molecule has 1 aromatic rings. The second kappa shape index (κ2) is 6.40. The Balaban J connectivity index is 2.00. The van der Waals surface area contributed by atoms with E-state index in [2.05, 4.69) is 32.9 Å². The largest absolute Gasteiger partial charge is 0.297 e. The first kappa shape index (κ1) is 14.4. The van der Waals surface area contributed by atoms with Crippen molar-refractivity contribution in [3.8, 4) is 0 Å². The quantitative estimate of drug-likeness (QED) is 0.789. The summed E-state index contributed by atoms with van der Waals surface area (Å²) in [6.45, 7) is 5.43. The smallest absolute Gasteiger partial charge is 0.0767 e. The van der Waals surface area contributed by atoms with Gasteiger partial charge < -0.3 is 0 Å². The molecule has 0 spiro atoms. The Hall–Kier alpha value is -0.0600. The number of hydrogen-bond acceptors (Lipinski definition) is 2. The molecule has 5 heteroatoms. The molecule has 102 valence electrons. The van der Waals surface area contributed by atoms with Crippen LogP contribution in [0.4, 0.5) is 0 Å². The average Bonchev–Trinajstić information content (AvgIpc) is 2.67. The van der Waals surface area contributed by atoms with E-state index in [1.165, 1.54) is 23.0 Å². The third kappa shape index (κ3) is 3.09. The second-order valence-corrected chi connectivity index (χ2v) is 6.16. The van der Waals surface area contributed by atoms with Gasteiger partial charge in [-0.1, -0.05) is 6.92 Å². The summed E-state index contributed by atoms with van der Waals surface area (Å²) in [5, 5.41) is 4.55. The van der Waals surface area contributed by atoms with Gasteiger partial charge in [-0.25, -0.2) is 0 Å². The predicted octanol–water partition coefficient (Wildman–Crippen LogP) is 3.20. The zero-order valence-corrected chi connectivity index (χ0v) is 13.5. The van der Waals surface area contributed by atoms with E-state index in [-0.39, 0.29) is 0 Å². The number of hydrogen-bond donors (Lipinski definition) is 0. The summed E-state index contributed by atoms with van der Waals surface area (Å²) in [4.78, 5) is 2.50. The molecule has 0 saturated carbocycles. The number of piperidine rings is 1. The number of aromatic nitrogens is 2. The molecule has 2 heterocycles. The number of halogens is 2. The summed E-state index contributed by atoms with van der Waals surface area (Å²) in [7, 11) is 2.03. The molecule has 0 bridgehead atoms. The van der Waals surface area contributed by atoms with Gasteiger partial charge in [0.05, 0.1) is 15.9 Å². The first-order valence-electron chi connectivity index (χ1n) is 6.64. The first-order valence-corrected chi connectivity index (χ1v) is 7.97. The summed E-state index contributed by atoms with van der Waals surface area (Å²) in [6, 6.07) is 0. The molecule has 1 saturated heterocycles. The molecule has 2 rings (SSSR count). The fourth-order valence-corrected chi connectivity index (χ4v) is 3.55. The fraction of sp³-hybridized carbons (Fsp3) is 0.769. The first-order chi connectivity index (χ1) is 8.65. The molecule has 0 atom stereocenters. The Bertz CT molecular complexity index is 397. The van der Waals surface area contributed by atoms with Crippen LogP contribution in [0.15, 0.2) is 4.47 Å². The minimum Gasteiger partial charge on any atom is -0.297 e. The van der Waals surface area contributed by atoms with E-state index in [1.807, 2.05) is 11.7 Å². The highest BCUT2D eigenvalue weighted by Crippen LogP contribution is 2.25. The summed E-state index contributed by atoms with van der Waals surface area (Å²) in [5.74, 6) is 1.52. The van der Waals surface area contributed by atoms with Crippen LogP contribution >= 0.6 is 27.5 Å². The van der Waals surface area contributed by atoms with Gasteiger partial charge in [0.15, 0.2) is 0 Å². The van der Waals surface area contributed by atoms with Crippen LogP contribution in [0.3, 0.4) is 0 Å². The van der Waals surface area contributed by atoms with E-state index in [0.717, 1.165) is 37.6 Å². The molecule has 1 fully saturated rings. The van der Waals surface area contributed by atoms with E-state index >= 15 is 0 Å². The van der Waals surface area contributed by atoms with Crippen molar-refractivity contribution in [1.29, 1.82) is 0 Å². The van der Waals surface area contributed by atoms with Crippen molar-refractivity contribution in [2.45, 2.75) is 32.7 Å². The summed E-state index contributed by atoms with van der Waals surface area (Å²) >= 11 is 9.60. The molecule has 18 heavy (non-hydrogen) atoms. The van der Waals surface area contributed by atoms with E-state index in [4.69, 9.17) is 11.6 Å². The van der Waals surface area contributed by atoms with Gasteiger partial charge in [0.1, 0.15) is 0 Å². The maximum atomic E-state index is 5.92. The molecule has 0 N–H and O–H groups in total. The Morgan fingerprint density at radius 1 is 1.39 bits per heavy atom. The normalized spacial score (nSPS) is 18.4. The van der Waals surface area contributed by atoms with E-state index in [9.17, 15) is 0 Å². The lowest BCUT2D eigenvalue weighted by Crippen LogP contribution is -2.34. The minimum absolute atomic E-state index is 0.712. The molecule has 1 aliphatic rings. The molecule has 0 aromatic carbocycles. The lowest BCUT2D eigenvalue weighted by molar-refractivity contribution is 0.182. The van der Waals surface area contributed by atoms with Crippen molar-refractivity contribution in [2.75, 3.05) is 19.0 Å². The highest BCUT2D eigenvalue weighted by atomic mass is 79.9. The number of rotatable bonds is 4. The van der Waals surface area contributed by atoms with Gasteiger partial charge in [0, 0.05) is 19.5 Å². The molecule has 3 nitrogen and oxygen atoms in total. The number of aryl methyl sites for hydroxylation is 2. The topological polar surface area (TPSA) is 21.1 Å². The van der Waals surface area contributed by atoms with E-state index in [0.29, 0.717) is 5.92 Å². The van der Waals surface area contributed by atoms with Crippen molar-refractivity contribution in [1.82, 2.24) is 14.7 Å². The van der Waals surface area contributed by atoms with Gasteiger partial charge in [0.2, 0.25) is 0 Å². The third-order valence-corrected chi connectivity index (χ3v) is 5.15. The Morgan fingerprint density at radius 3 is 2.56 bits per heavy atom. The molecule has 1 aromatic heterocycles. The highest BCUT2D eigenvalue weighted by molar-refractivity contribution is 9.10. The lowest BCUT2D eigenvalue weighted by atomic mass is 9.99. The molecular weight excluding hydrogens is 314 g/mol. The molecule has 1 aliphatic heterocycles. The Labute approximate surface area is 123 Å². The van der Waals surface area contributed by atoms with E-state index in [1.54, 1.807) is 0 Å². The molecular formula is C13H21BrClN3. The second-order valence-electron chi connectivity index (χ2n) is 5.06. The van der Waals surface area contributed by atoms with Crippen molar-refractivity contribution < 1.29 is 0 Å². The number of alkyl halides is 1. The van der Waals surface area contributed by atoms with Crippen LogP contribution in [-0.4, -0.2) is 33.6 Å². The predicted molar refractivity (Wildman–Crippen MR) is 79.0 cm³/mol. The van der Waals surface area contributed by atoms with Crippen molar-refractivity contribution in [3.63, 3.8) is 0 Å². The molecule has 0 amide bonds. The number of likely N-dealkylation sites (tertiary alicyclic amines) is 1. The summed E-state index contributed by atoms with van der Waals surface area (Å²) in [5.41, 5.74) is 2.44.